The van der Waals surface area contributed by atoms with E-state index in [2.05, 4.69) is 125 Å². The first kappa shape index (κ1) is 68.7. The minimum Gasteiger partial charge on any atom is -0.481 e. The number of hydrogen-bond acceptors (Lipinski definition) is 17. The molecule has 26 heteroatoms. The van der Waals surface area contributed by atoms with Crippen LogP contribution < -0.4 is 39.4 Å². The lowest BCUT2D eigenvalue weighted by molar-refractivity contribution is 0.394. The van der Waals surface area contributed by atoms with E-state index in [1.54, 1.807) is 116 Å². The number of ether oxygens (including phenoxy) is 6. The van der Waals surface area contributed by atoms with E-state index in [-0.39, 0.29) is 11.0 Å². The first-order chi connectivity index (χ1) is 40.8. The molecule has 0 aliphatic rings. The molecule has 2 N–H and O–H groups in total. The van der Waals surface area contributed by atoms with E-state index < -0.39 is 0 Å². The van der Waals surface area contributed by atoms with Crippen LogP contribution in [0.25, 0.3) is 43.6 Å². The molecular weight excluding hydrogens is 1420 g/mol. The van der Waals surface area contributed by atoms with Crippen molar-refractivity contribution in [1.29, 1.82) is 0 Å². The summed E-state index contributed by atoms with van der Waals surface area (Å²) in [6, 6.07) is 14.4. The van der Waals surface area contributed by atoms with Gasteiger partial charge in [0.1, 0.15) is 17.9 Å². The van der Waals surface area contributed by atoms with Crippen LogP contribution in [0.2, 0.25) is 15.1 Å². The molecule has 85 heavy (non-hydrogen) atoms. The van der Waals surface area contributed by atoms with Crippen molar-refractivity contribution >= 4 is 142 Å². The van der Waals surface area contributed by atoms with E-state index in [0.717, 1.165) is 65.4 Å². The Morgan fingerprint density at radius 3 is 1.38 bits per heavy atom. The van der Waals surface area contributed by atoms with Crippen LogP contribution in [0.1, 0.15) is 34.7 Å². The average molecular weight is 1470 g/mol. The van der Waals surface area contributed by atoms with Crippen LogP contribution in [0, 0.1) is 27.7 Å². The summed E-state index contributed by atoms with van der Waals surface area (Å²) in [7, 11) is 9.54. The lowest BCUT2D eigenvalue weighted by Gasteiger charge is -2.06. The summed E-state index contributed by atoms with van der Waals surface area (Å²) in [4.78, 5) is 64.8. The molecule has 0 fully saturated rings. The minimum atomic E-state index is -0.206. The number of H-pyrrole nitrogens is 2. The molecular formula is C59H56Br4Cl3N11O8. The van der Waals surface area contributed by atoms with Crippen molar-refractivity contribution in [3.8, 4) is 35.3 Å². The van der Waals surface area contributed by atoms with Crippen LogP contribution in [-0.4, -0.2) is 97.5 Å². The highest BCUT2D eigenvalue weighted by Crippen LogP contribution is 2.34. The molecule has 0 aliphatic heterocycles. The summed E-state index contributed by atoms with van der Waals surface area (Å²) in [6.45, 7) is 10.2. The largest absolute Gasteiger partial charge is 0.481 e. The van der Waals surface area contributed by atoms with Gasteiger partial charge in [-0.3, -0.25) is 24.5 Å². The highest BCUT2D eigenvalue weighted by molar-refractivity contribution is 9.11. The third-order valence-corrected chi connectivity index (χ3v) is 15.7. The van der Waals surface area contributed by atoms with E-state index in [0.29, 0.717) is 64.0 Å². The van der Waals surface area contributed by atoms with Gasteiger partial charge in [-0.1, -0.05) is 41.7 Å². The van der Waals surface area contributed by atoms with E-state index in [1.807, 2.05) is 52.0 Å². The number of pyridine rings is 11. The molecule has 0 spiro atoms. The second-order valence-electron chi connectivity index (χ2n) is 17.1. The van der Waals surface area contributed by atoms with Gasteiger partial charge in [-0.25, -0.2) is 29.9 Å². The molecule has 11 rings (SSSR count). The van der Waals surface area contributed by atoms with Crippen molar-refractivity contribution in [3.63, 3.8) is 0 Å². The van der Waals surface area contributed by atoms with E-state index >= 15 is 0 Å². The molecule has 444 valence electrons. The minimum absolute atomic E-state index is 0.0606. The number of aromatic nitrogens is 11. The lowest BCUT2D eigenvalue weighted by Crippen LogP contribution is -2.06. The predicted octanol–water partition coefficient (Wildman–Crippen LogP) is 15.2. The van der Waals surface area contributed by atoms with Gasteiger partial charge in [0.05, 0.1) is 85.2 Å². The van der Waals surface area contributed by atoms with E-state index in [4.69, 9.17) is 63.2 Å². The Morgan fingerprint density at radius 1 is 0.459 bits per heavy atom. The molecule has 11 aromatic rings. The van der Waals surface area contributed by atoms with Gasteiger partial charge in [0.25, 0.3) is 5.56 Å². The van der Waals surface area contributed by atoms with Gasteiger partial charge < -0.3 is 38.4 Å². The summed E-state index contributed by atoms with van der Waals surface area (Å²) in [5.41, 5.74) is 8.47. The fourth-order valence-corrected chi connectivity index (χ4v) is 9.99. The van der Waals surface area contributed by atoms with Crippen molar-refractivity contribution in [2.75, 3.05) is 42.7 Å². The third-order valence-electron chi connectivity index (χ3n) is 11.8. The first-order valence-electron chi connectivity index (χ1n) is 25.0. The highest BCUT2D eigenvalue weighted by Gasteiger charge is 2.13. The second-order valence-corrected chi connectivity index (χ2v) is 21.5. The Hall–Kier alpha value is -7.12. The SMILES string of the molecule is CCc1ccnc(OC)c1C.COc1cc(C)ccn1.COc1ncc2c(=O)cc[nH]c2c1Br.COc1ncc2c(Cl)ccnc2c1Br.COc1ncc2c(Cl)ccnc2c1Br.COc1nccc(C)c1C.O=c1[nH]cc2c(Cl)ccnc2c1Br. The topological polar surface area (TPSA) is 237 Å². The van der Waals surface area contributed by atoms with Gasteiger partial charge in [0.2, 0.25) is 35.3 Å². The number of nitrogens with zero attached hydrogens (tertiary/aromatic N) is 9. The quantitative estimate of drug-likeness (QED) is 0.151. The number of halogens is 7. The van der Waals surface area contributed by atoms with E-state index in [9.17, 15) is 9.59 Å². The maximum Gasteiger partial charge on any atom is 0.264 e. The molecule has 0 atom stereocenters. The van der Waals surface area contributed by atoms with Crippen molar-refractivity contribution in [2.24, 2.45) is 0 Å². The third kappa shape index (κ3) is 18.4. The number of aromatic amines is 2. The van der Waals surface area contributed by atoms with E-state index in [1.165, 1.54) is 36.1 Å². The zero-order chi connectivity index (χ0) is 62.3. The average Bonchev–Trinajstić information content (AvgIpc) is 3.09. The fraction of sp³-hybridized carbons (Fsp3) is 0.203. The normalized spacial score (nSPS) is 10.1. The molecule has 11 heterocycles. The number of nitrogens with one attached hydrogen (secondary N) is 2. The summed E-state index contributed by atoms with van der Waals surface area (Å²) in [6.07, 6.45) is 19.1. The Morgan fingerprint density at radius 2 is 0.906 bits per heavy atom. The summed E-state index contributed by atoms with van der Waals surface area (Å²) < 4.78 is 32.6. The van der Waals surface area contributed by atoms with Gasteiger partial charge in [0.15, 0.2) is 5.43 Å². The van der Waals surface area contributed by atoms with Crippen LogP contribution in [-0.2, 0) is 6.42 Å². The lowest BCUT2D eigenvalue weighted by atomic mass is 10.1. The van der Waals surface area contributed by atoms with Crippen LogP contribution in [0.4, 0.5) is 0 Å². The first-order valence-corrected chi connectivity index (χ1v) is 29.3. The Balaban J connectivity index is 0.000000182. The summed E-state index contributed by atoms with van der Waals surface area (Å²) >= 11 is 31.1. The predicted molar refractivity (Wildman–Crippen MR) is 350 cm³/mol. The van der Waals surface area contributed by atoms with Crippen LogP contribution >= 0.6 is 98.5 Å². The number of hydrogen-bond donors (Lipinski definition) is 2. The Bertz CT molecular complexity index is 4060. The van der Waals surface area contributed by atoms with Crippen LogP contribution in [0.3, 0.4) is 0 Å². The van der Waals surface area contributed by atoms with Crippen LogP contribution in [0.5, 0.6) is 35.3 Å². The van der Waals surface area contributed by atoms with Crippen LogP contribution in [0.15, 0.2) is 144 Å². The van der Waals surface area contributed by atoms with Gasteiger partial charge in [-0.15, -0.1) is 0 Å². The molecule has 0 saturated carbocycles. The van der Waals surface area contributed by atoms with Crippen molar-refractivity contribution in [1.82, 2.24) is 54.8 Å². The second kappa shape index (κ2) is 34.1. The number of rotatable bonds is 7. The number of fused-ring (bicyclic) bond motifs is 4. The van der Waals surface area contributed by atoms with Gasteiger partial charge in [-0.05, 0) is 151 Å². The molecule has 0 aromatic carbocycles. The monoisotopic (exact) mass is 1470 g/mol. The molecule has 0 aliphatic carbocycles. The molecule has 19 nitrogen and oxygen atoms in total. The van der Waals surface area contributed by atoms with Gasteiger partial charge in [-0.2, -0.15) is 0 Å². The molecule has 0 amide bonds. The molecule has 0 saturated heterocycles. The summed E-state index contributed by atoms with van der Waals surface area (Å²) in [5.74, 6) is 3.61. The number of methoxy groups -OCH3 is 6. The maximum atomic E-state index is 11.4. The fourth-order valence-electron chi connectivity index (χ4n) is 7.22. The van der Waals surface area contributed by atoms with Gasteiger partial charge >= 0.3 is 0 Å². The maximum absolute atomic E-state index is 11.4. The van der Waals surface area contributed by atoms with Crippen molar-refractivity contribution in [3.05, 3.63) is 198 Å². The molecule has 11 aromatic heterocycles. The molecule has 0 radical (unpaired) electrons. The zero-order valence-electron chi connectivity index (χ0n) is 47.6. The smallest absolute Gasteiger partial charge is 0.264 e. The Kier molecular flexibility index (Phi) is 27.6. The summed E-state index contributed by atoms with van der Waals surface area (Å²) in [5, 5.41) is 4.72. The van der Waals surface area contributed by atoms with Gasteiger partial charge in [0, 0.05) is 108 Å². The van der Waals surface area contributed by atoms with Crippen molar-refractivity contribution < 1.29 is 28.4 Å². The standard InChI is InChI=1S/2C9H6BrClN2O.C9H7BrN2O2.C9H13NO.C8H4BrClN2O.C8H11NO.C7H9NO/c2*1-14-9-7(10)8-5(4-13-9)6(11)2-3-12-8;1-14-9-7(10)8-5(4-12-9)6(13)2-3-11-8;1-4-8-5-6-10-9(11-3)7(8)2;9-6-7-4(3-12-8(6)13)5(10)1-2-11-7;1-6-4-5-9-8(10-3)7(6)2;1-6-3-4-8-7(5-6)9-2/h2*2-4H,1H3;2-4H,1H3,(H,11,13);5-6H,4H2,1-3H3;1-3H,(H,12,13);4-5H,1-3H3;3-5H,1-2H3. The molecule has 0 unspecified atom stereocenters. The zero-order valence-corrected chi connectivity index (χ0v) is 56.2. The highest BCUT2D eigenvalue weighted by atomic mass is 79.9. The Labute approximate surface area is 538 Å². The van der Waals surface area contributed by atoms with Crippen molar-refractivity contribution in [2.45, 2.75) is 41.0 Å². The molecule has 0 bridgehead atoms. The number of aryl methyl sites for hydroxylation is 3.